The zero-order valence-corrected chi connectivity index (χ0v) is 11.0. The summed E-state index contributed by atoms with van der Waals surface area (Å²) in [6.45, 7) is 0. The monoisotopic (exact) mass is 287 g/mol. The molecule has 1 aromatic carbocycles. The fourth-order valence-electron chi connectivity index (χ4n) is 1.47. The van der Waals surface area contributed by atoms with Crippen LogP contribution < -0.4 is 11.2 Å². The van der Waals surface area contributed by atoms with Crippen LogP contribution in [0.3, 0.4) is 0 Å². The highest BCUT2D eigenvalue weighted by Crippen LogP contribution is 2.24. The molecule has 100 valence electrons. The Bertz CT molecular complexity index is 697. The van der Waals surface area contributed by atoms with Crippen LogP contribution in [0.2, 0.25) is 5.02 Å². The second kappa shape index (κ2) is 5.86. The molecule has 2 aromatic rings. The summed E-state index contributed by atoms with van der Waals surface area (Å²) >= 11 is 5.94. The molecule has 0 radical (unpaired) electrons. The molecule has 0 fully saturated rings. The number of nitrogens with zero attached hydrogens (tertiary/aromatic N) is 4. The number of rotatable bonds is 4. The summed E-state index contributed by atoms with van der Waals surface area (Å²) < 4.78 is 1.62. The van der Waals surface area contributed by atoms with Crippen LogP contribution in [0.5, 0.6) is 0 Å². The van der Waals surface area contributed by atoms with E-state index in [2.05, 4.69) is 15.6 Å². The highest BCUT2D eigenvalue weighted by molar-refractivity contribution is 6.45. The molecule has 0 spiro atoms. The molecular weight excluding hydrogens is 278 g/mol. The van der Waals surface area contributed by atoms with Crippen molar-refractivity contribution in [3.05, 3.63) is 41.7 Å². The highest BCUT2D eigenvalue weighted by Gasteiger charge is 2.07. The van der Waals surface area contributed by atoms with Gasteiger partial charge in [0.05, 0.1) is 11.4 Å². The van der Waals surface area contributed by atoms with Crippen molar-refractivity contribution in [1.82, 2.24) is 9.78 Å². The Morgan fingerprint density at radius 2 is 2.35 bits per heavy atom. The fraction of sp³-hybridized carbons (Fsp3) is 0. The minimum absolute atomic E-state index is 0.212. The third kappa shape index (κ3) is 2.93. The zero-order valence-electron chi connectivity index (χ0n) is 10.2. The van der Waals surface area contributed by atoms with Crippen LogP contribution in [0.4, 0.5) is 5.69 Å². The number of aromatic nitrogens is 2. The number of benzene rings is 1. The third-order valence-electron chi connectivity index (χ3n) is 2.36. The molecule has 4 N–H and O–H groups in total. The summed E-state index contributed by atoms with van der Waals surface area (Å²) in [6.07, 6.45) is 3.40. The number of hydrogen-bond acceptors (Lipinski definition) is 5. The van der Waals surface area contributed by atoms with Crippen molar-refractivity contribution in [2.24, 2.45) is 10.8 Å². The SMILES string of the molecule is N#C/C(=N\Nc1cc(Cl)ccc1-n1cccn1)C(=N)N. The average Bonchev–Trinajstić information content (AvgIpc) is 2.93. The van der Waals surface area contributed by atoms with Crippen molar-refractivity contribution in [2.75, 3.05) is 5.43 Å². The van der Waals surface area contributed by atoms with Crippen LogP contribution in [0.1, 0.15) is 0 Å². The van der Waals surface area contributed by atoms with Gasteiger partial charge in [-0.2, -0.15) is 15.5 Å². The number of hydrazone groups is 1. The lowest BCUT2D eigenvalue weighted by atomic mass is 10.2. The van der Waals surface area contributed by atoms with Crippen molar-refractivity contribution in [2.45, 2.75) is 0 Å². The second-order valence-corrected chi connectivity index (χ2v) is 4.15. The molecule has 8 heteroatoms. The maximum Gasteiger partial charge on any atom is 0.201 e. The lowest BCUT2D eigenvalue weighted by molar-refractivity contribution is 0.881. The van der Waals surface area contributed by atoms with Gasteiger partial charge in [0.2, 0.25) is 5.71 Å². The Morgan fingerprint density at radius 1 is 1.55 bits per heavy atom. The summed E-state index contributed by atoms with van der Waals surface area (Å²) in [5.41, 5.74) is 8.92. The van der Waals surface area contributed by atoms with Gasteiger partial charge in [0.1, 0.15) is 6.07 Å². The lowest BCUT2D eigenvalue weighted by Gasteiger charge is -2.09. The Morgan fingerprint density at radius 3 is 2.95 bits per heavy atom. The fourth-order valence-corrected chi connectivity index (χ4v) is 1.64. The van der Waals surface area contributed by atoms with E-state index in [-0.39, 0.29) is 5.71 Å². The van der Waals surface area contributed by atoms with E-state index in [9.17, 15) is 0 Å². The molecule has 1 aromatic heterocycles. The molecular formula is C12H10ClN7. The van der Waals surface area contributed by atoms with E-state index in [1.54, 1.807) is 47.4 Å². The first-order valence-electron chi connectivity index (χ1n) is 5.49. The Labute approximate surface area is 119 Å². The van der Waals surface area contributed by atoms with E-state index in [1.165, 1.54) is 0 Å². The molecule has 0 amide bonds. The van der Waals surface area contributed by atoms with Gasteiger partial charge in [0, 0.05) is 17.4 Å². The normalized spacial score (nSPS) is 10.9. The molecule has 0 saturated heterocycles. The number of amidine groups is 1. The second-order valence-electron chi connectivity index (χ2n) is 3.71. The van der Waals surface area contributed by atoms with Crippen LogP contribution in [-0.4, -0.2) is 21.3 Å². The summed E-state index contributed by atoms with van der Waals surface area (Å²) in [7, 11) is 0. The quantitative estimate of drug-likeness (QED) is 0.451. The van der Waals surface area contributed by atoms with Crippen molar-refractivity contribution in [1.29, 1.82) is 10.7 Å². The van der Waals surface area contributed by atoms with E-state index in [0.717, 1.165) is 0 Å². The largest absolute Gasteiger partial charge is 0.382 e. The van der Waals surface area contributed by atoms with E-state index in [4.69, 9.17) is 28.0 Å². The maximum absolute atomic E-state index is 8.80. The Balaban J connectivity index is 2.39. The number of nitrogens with one attached hydrogen (secondary N) is 2. The number of hydrogen-bond donors (Lipinski definition) is 3. The van der Waals surface area contributed by atoms with Crippen molar-refractivity contribution in [3.63, 3.8) is 0 Å². The van der Waals surface area contributed by atoms with Gasteiger partial charge in [0.15, 0.2) is 5.84 Å². The van der Waals surface area contributed by atoms with E-state index >= 15 is 0 Å². The molecule has 20 heavy (non-hydrogen) atoms. The van der Waals surface area contributed by atoms with Crippen molar-refractivity contribution in [3.8, 4) is 11.8 Å². The van der Waals surface area contributed by atoms with Crippen LogP contribution in [0.15, 0.2) is 41.8 Å². The number of anilines is 1. The zero-order chi connectivity index (χ0) is 14.5. The molecule has 7 nitrogen and oxygen atoms in total. The first-order chi connectivity index (χ1) is 9.61. The Hall–Kier alpha value is -2.85. The molecule has 0 unspecified atom stereocenters. The summed E-state index contributed by atoms with van der Waals surface area (Å²) in [4.78, 5) is 0. The van der Waals surface area contributed by atoms with E-state index in [0.29, 0.717) is 16.4 Å². The van der Waals surface area contributed by atoms with Crippen molar-refractivity contribution < 1.29 is 0 Å². The molecule has 0 atom stereocenters. The van der Waals surface area contributed by atoms with E-state index in [1.807, 2.05) is 0 Å². The molecule has 0 aliphatic heterocycles. The first kappa shape index (κ1) is 13.6. The van der Waals surface area contributed by atoms with Crippen LogP contribution in [0.25, 0.3) is 5.69 Å². The van der Waals surface area contributed by atoms with E-state index < -0.39 is 5.84 Å². The number of nitriles is 1. The summed E-state index contributed by atoms with van der Waals surface area (Å²) in [5, 5.41) is 24.4. The Kier molecular flexibility index (Phi) is 3.98. The number of halogens is 1. The van der Waals surface area contributed by atoms with Gasteiger partial charge in [-0.25, -0.2) is 4.68 Å². The minimum atomic E-state index is -0.414. The topological polar surface area (TPSA) is 116 Å². The number of nitrogens with two attached hydrogens (primary N) is 1. The molecule has 0 saturated carbocycles. The lowest BCUT2D eigenvalue weighted by Crippen LogP contribution is -2.22. The summed E-state index contributed by atoms with van der Waals surface area (Å²) in [5.74, 6) is -0.414. The van der Waals surface area contributed by atoms with Gasteiger partial charge in [-0.05, 0) is 24.3 Å². The van der Waals surface area contributed by atoms with Crippen LogP contribution in [-0.2, 0) is 0 Å². The van der Waals surface area contributed by atoms with Crippen LogP contribution in [0, 0.1) is 16.7 Å². The smallest absolute Gasteiger partial charge is 0.201 e. The third-order valence-corrected chi connectivity index (χ3v) is 2.59. The maximum atomic E-state index is 8.80. The van der Waals surface area contributed by atoms with Gasteiger partial charge in [-0.15, -0.1) is 0 Å². The minimum Gasteiger partial charge on any atom is -0.382 e. The molecule has 0 bridgehead atoms. The molecule has 1 heterocycles. The van der Waals surface area contributed by atoms with Crippen LogP contribution >= 0.6 is 11.6 Å². The molecule has 2 rings (SSSR count). The molecule has 0 aliphatic carbocycles. The molecule has 0 aliphatic rings. The first-order valence-corrected chi connectivity index (χ1v) is 5.87. The summed E-state index contributed by atoms with van der Waals surface area (Å²) in [6, 6.07) is 8.60. The highest BCUT2D eigenvalue weighted by atomic mass is 35.5. The standard InChI is InChI=1S/C12H10ClN7/c13-8-2-3-11(20-5-1-4-17-20)9(6-8)18-19-10(7-14)12(15)16/h1-6,18H,(H3,15,16)/b19-10+. The van der Waals surface area contributed by atoms with Gasteiger partial charge in [-0.3, -0.25) is 10.8 Å². The average molecular weight is 288 g/mol. The van der Waals surface area contributed by atoms with Gasteiger partial charge in [0.25, 0.3) is 0 Å². The van der Waals surface area contributed by atoms with Gasteiger partial charge >= 0.3 is 0 Å². The van der Waals surface area contributed by atoms with Gasteiger partial charge in [-0.1, -0.05) is 11.6 Å². The predicted octanol–water partition coefficient (Wildman–Crippen LogP) is 1.75. The van der Waals surface area contributed by atoms with Gasteiger partial charge < -0.3 is 5.73 Å². The van der Waals surface area contributed by atoms with Crippen molar-refractivity contribution >= 4 is 28.8 Å². The predicted molar refractivity (Wildman–Crippen MR) is 77.2 cm³/mol.